The quantitative estimate of drug-likeness (QED) is 0.852. The maximum Gasteiger partial charge on any atom is 0.220 e. The summed E-state index contributed by atoms with van der Waals surface area (Å²) in [6.07, 6.45) is 2.50. The number of benzene rings is 1. The van der Waals surface area contributed by atoms with E-state index in [0.29, 0.717) is 31.0 Å². The Morgan fingerprint density at radius 1 is 1.33 bits per heavy atom. The molecule has 2 rings (SSSR count). The van der Waals surface area contributed by atoms with Crippen molar-refractivity contribution < 1.29 is 9.21 Å². The fourth-order valence-electron chi connectivity index (χ4n) is 1.80. The zero-order chi connectivity index (χ0) is 15.3. The van der Waals surface area contributed by atoms with Crippen molar-refractivity contribution in [3.63, 3.8) is 0 Å². The largest absolute Gasteiger partial charge is 0.441 e. The van der Waals surface area contributed by atoms with Crippen LogP contribution in [-0.4, -0.2) is 23.0 Å². The van der Waals surface area contributed by atoms with Gasteiger partial charge in [0.2, 0.25) is 5.91 Å². The van der Waals surface area contributed by atoms with Crippen LogP contribution < -0.4 is 11.1 Å². The van der Waals surface area contributed by atoms with Gasteiger partial charge in [-0.3, -0.25) is 4.79 Å². The minimum Gasteiger partial charge on any atom is -0.441 e. The van der Waals surface area contributed by atoms with E-state index in [1.165, 1.54) is 0 Å². The van der Waals surface area contributed by atoms with E-state index in [1.807, 2.05) is 44.2 Å². The molecule has 0 spiro atoms. The van der Waals surface area contributed by atoms with Gasteiger partial charge in [-0.1, -0.05) is 30.3 Å². The molecule has 1 aromatic carbocycles. The van der Waals surface area contributed by atoms with Crippen molar-refractivity contribution in [2.24, 2.45) is 5.73 Å². The van der Waals surface area contributed by atoms with Gasteiger partial charge in [0, 0.05) is 30.5 Å². The van der Waals surface area contributed by atoms with Crippen molar-refractivity contribution in [2.75, 3.05) is 6.54 Å². The van der Waals surface area contributed by atoms with Crippen LogP contribution >= 0.6 is 0 Å². The van der Waals surface area contributed by atoms with Crippen LogP contribution in [0.1, 0.15) is 26.2 Å². The van der Waals surface area contributed by atoms with Crippen molar-refractivity contribution in [1.82, 2.24) is 10.3 Å². The van der Waals surface area contributed by atoms with Crippen LogP contribution in [0.25, 0.3) is 11.3 Å². The van der Waals surface area contributed by atoms with Crippen molar-refractivity contribution >= 4 is 5.91 Å². The molecule has 21 heavy (non-hydrogen) atoms. The molecular weight excluding hydrogens is 266 g/mol. The van der Waals surface area contributed by atoms with Crippen molar-refractivity contribution in [1.29, 1.82) is 0 Å². The Hall–Kier alpha value is -2.14. The normalized spacial score (nSPS) is 11.4. The summed E-state index contributed by atoms with van der Waals surface area (Å²) in [5.74, 6) is 1.23. The molecule has 0 bridgehead atoms. The summed E-state index contributed by atoms with van der Waals surface area (Å²) in [5.41, 5.74) is 6.39. The molecule has 0 aliphatic rings. The molecule has 0 radical (unpaired) electrons. The highest BCUT2D eigenvalue weighted by Gasteiger charge is 2.13. The molecule has 112 valence electrons. The number of rotatable bonds is 6. The molecule has 5 heteroatoms. The Kier molecular flexibility index (Phi) is 4.75. The average molecular weight is 287 g/mol. The van der Waals surface area contributed by atoms with E-state index >= 15 is 0 Å². The summed E-state index contributed by atoms with van der Waals surface area (Å²) in [4.78, 5) is 15.9. The molecule has 0 fully saturated rings. The predicted molar refractivity (Wildman–Crippen MR) is 81.5 cm³/mol. The van der Waals surface area contributed by atoms with Gasteiger partial charge in [0.1, 0.15) is 0 Å². The molecule has 3 N–H and O–H groups in total. The summed E-state index contributed by atoms with van der Waals surface area (Å²) in [6, 6.07) is 9.75. The monoisotopic (exact) mass is 287 g/mol. The number of nitrogens with one attached hydrogen (secondary N) is 1. The number of nitrogens with two attached hydrogens (primary N) is 1. The predicted octanol–water partition coefficient (Wildman–Crippen LogP) is 2.13. The van der Waals surface area contributed by atoms with Crippen LogP contribution in [0.3, 0.4) is 0 Å². The van der Waals surface area contributed by atoms with Crippen LogP contribution in [0.5, 0.6) is 0 Å². The van der Waals surface area contributed by atoms with Gasteiger partial charge < -0.3 is 15.5 Å². The van der Waals surface area contributed by atoms with Crippen LogP contribution in [0, 0.1) is 0 Å². The maximum absolute atomic E-state index is 11.7. The van der Waals surface area contributed by atoms with Crippen molar-refractivity contribution in [2.45, 2.75) is 32.2 Å². The van der Waals surface area contributed by atoms with Gasteiger partial charge in [0.25, 0.3) is 0 Å². The lowest BCUT2D eigenvalue weighted by Gasteiger charge is -2.18. The number of hydrogen-bond donors (Lipinski definition) is 2. The molecule has 0 unspecified atom stereocenters. The van der Waals surface area contributed by atoms with E-state index in [0.717, 1.165) is 5.56 Å². The zero-order valence-corrected chi connectivity index (χ0v) is 12.4. The molecule has 5 nitrogen and oxygen atoms in total. The first-order chi connectivity index (χ1) is 9.94. The van der Waals surface area contributed by atoms with Crippen molar-refractivity contribution in [3.8, 4) is 11.3 Å². The second-order valence-corrected chi connectivity index (χ2v) is 5.75. The molecule has 0 saturated carbocycles. The number of carbonyl (C=O) groups excluding carboxylic acids is 1. The fraction of sp³-hybridized carbons (Fsp3) is 0.375. The molecule has 0 aliphatic carbocycles. The molecular formula is C16H21N3O2. The summed E-state index contributed by atoms with van der Waals surface area (Å²) in [7, 11) is 0. The number of amides is 1. The van der Waals surface area contributed by atoms with Crippen LogP contribution in [-0.2, 0) is 11.2 Å². The second-order valence-electron chi connectivity index (χ2n) is 5.75. The molecule has 1 aromatic heterocycles. The first kappa shape index (κ1) is 15.3. The first-order valence-corrected chi connectivity index (χ1v) is 7.00. The lowest BCUT2D eigenvalue weighted by molar-refractivity contribution is -0.121. The third kappa shape index (κ3) is 5.04. The summed E-state index contributed by atoms with van der Waals surface area (Å²) >= 11 is 0. The summed E-state index contributed by atoms with van der Waals surface area (Å²) in [6.45, 7) is 4.19. The van der Waals surface area contributed by atoms with Gasteiger partial charge in [-0.2, -0.15) is 0 Å². The lowest BCUT2D eigenvalue weighted by Crippen LogP contribution is -2.45. The second kappa shape index (κ2) is 6.54. The first-order valence-electron chi connectivity index (χ1n) is 7.00. The fourth-order valence-corrected chi connectivity index (χ4v) is 1.80. The van der Waals surface area contributed by atoms with Crippen LogP contribution in [0.15, 0.2) is 40.9 Å². The molecule has 0 saturated heterocycles. The molecule has 2 aromatic rings. The average Bonchev–Trinajstić information content (AvgIpc) is 2.92. The lowest BCUT2D eigenvalue weighted by atomic mass is 10.1. The van der Waals surface area contributed by atoms with E-state index < -0.39 is 5.54 Å². The van der Waals surface area contributed by atoms with E-state index in [4.69, 9.17) is 10.2 Å². The van der Waals surface area contributed by atoms with E-state index in [2.05, 4.69) is 10.3 Å². The standard InChI is InChI=1S/C16H21N3O2/c1-16(2,17)11-19-14(20)8-9-15-18-10-13(21-15)12-6-4-3-5-7-12/h3-7,10H,8-9,11,17H2,1-2H3,(H,19,20). The molecule has 1 amide bonds. The maximum atomic E-state index is 11.7. The number of aromatic nitrogens is 1. The molecule has 0 atom stereocenters. The van der Waals surface area contributed by atoms with Gasteiger partial charge in [-0.25, -0.2) is 4.98 Å². The van der Waals surface area contributed by atoms with Gasteiger partial charge >= 0.3 is 0 Å². The van der Waals surface area contributed by atoms with Crippen LogP contribution in [0.2, 0.25) is 0 Å². The number of carbonyl (C=O) groups is 1. The highest BCUT2D eigenvalue weighted by Crippen LogP contribution is 2.20. The number of nitrogens with zero attached hydrogens (tertiary/aromatic N) is 1. The zero-order valence-electron chi connectivity index (χ0n) is 12.4. The minimum absolute atomic E-state index is 0.0482. The number of oxazole rings is 1. The Labute approximate surface area is 124 Å². The summed E-state index contributed by atoms with van der Waals surface area (Å²) < 4.78 is 5.65. The number of hydrogen-bond acceptors (Lipinski definition) is 4. The Bertz CT molecular complexity index is 585. The molecule has 1 heterocycles. The number of aryl methyl sites for hydroxylation is 1. The smallest absolute Gasteiger partial charge is 0.220 e. The highest BCUT2D eigenvalue weighted by atomic mass is 16.4. The van der Waals surface area contributed by atoms with Gasteiger partial charge in [0.15, 0.2) is 11.7 Å². The van der Waals surface area contributed by atoms with E-state index in [9.17, 15) is 4.79 Å². The van der Waals surface area contributed by atoms with Crippen LogP contribution in [0.4, 0.5) is 0 Å². The molecule has 0 aliphatic heterocycles. The third-order valence-corrected chi connectivity index (χ3v) is 2.92. The van der Waals surface area contributed by atoms with Gasteiger partial charge in [0.05, 0.1) is 6.20 Å². The van der Waals surface area contributed by atoms with E-state index in [1.54, 1.807) is 6.20 Å². The topological polar surface area (TPSA) is 81.1 Å². The highest BCUT2D eigenvalue weighted by molar-refractivity contribution is 5.76. The Morgan fingerprint density at radius 3 is 2.71 bits per heavy atom. The minimum atomic E-state index is -0.404. The van der Waals surface area contributed by atoms with E-state index in [-0.39, 0.29) is 5.91 Å². The summed E-state index contributed by atoms with van der Waals surface area (Å²) in [5, 5.41) is 2.80. The van der Waals surface area contributed by atoms with Gasteiger partial charge in [-0.05, 0) is 13.8 Å². The van der Waals surface area contributed by atoms with Gasteiger partial charge in [-0.15, -0.1) is 0 Å². The Morgan fingerprint density at radius 2 is 2.05 bits per heavy atom. The third-order valence-electron chi connectivity index (χ3n) is 2.92. The Balaban J connectivity index is 1.85. The SMILES string of the molecule is CC(C)(N)CNC(=O)CCc1ncc(-c2ccccc2)o1. The van der Waals surface area contributed by atoms with Crippen molar-refractivity contribution in [3.05, 3.63) is 42.4 Å².